The monoisotopic (exact) mass is 802 g/mol. The Kier molecular flexibility index (Phi) is 10.9. The van der Waals surface area contributed by atoms with Crippen LogP contribution in [-0.4, -0.2) is 65.8 Å². The van der Waals surface area contributed by atoms with Crippen LogP contribution in [0, 0.1) is 11.6 Å². The summed E-state index contributed by atoms with van der Waals surface area (Å²) in [6.45, 7) is -1.41. The second-order valence-electron chi connectivity index (χ2n) is 12.3. The van der Waals surface area contributed by atoms with Crippen molar-refractivity contribution < 1.29 is 45.4 Å². The van der Waals surface area contributed by atoms with Crippen LogP contribution in [0.1, 0.15) is 23.0 Å². The van der Waals surface area contributed by atoms with E-state index in [0.717, 1.165) is 31.9 Å². The van der Waals surface area contributed by atoms with Gasteiger partial charge in [0.25, 0.3) is 12.0 Å². The summed E-state index contributed by atoms with van der Waals surface area (Å²) in [6.07, 6.45) is -4.18. The quantitative estimate of drug-likeness (QED) is 0.125. The van der Waals surface area contributed by atoms with Gasteiger partial charge in [-0.2, -0.15) is 5.10 Å². The summed E-state index contributed by atoms with van der Waals surface area (Å²) in [6, 6.07) is 14.3. The molecule has 0 spiro atoms. The molecule has 4 aromatic carbocycles. The van der Waals surface area contributed by atoms with Crippen LogP contribution in [0.15, 0.2) is 77.6 Å². The van der Waals surface area contributed by atoms with Gasteiger partial charge in [-0.25, -0.2) is 40.1 Å². The predicted octanol–water partition coefficient (Wildman–Crippen LogP) is 6.47. The smallest absolute Gasteiger partial charge is 0.405 e. The van der Waals surface area contributed by atoms with E-state index in [1.54, 1.807) is 24.3 Å². The summed E-state index contributed by atoms with van der Waals surface area (Å²) in [5.74, 6) is -1.80. The average Bonchev–Trinajstić information content (AvgIpc) is 3.48. The fourth-order valence-corrected chi connectivity index (χ4v) is 7.27. The van der Waals surface area contributed by atoms with Crippen LogP contribution in [-0.2, 0) is 29.5 Å². The maximum absolute atomic E-state index is 14.6. The highest BCUT2D eigenvalue weighted by atomic mass is 35.5. The van der Waals surface area contributed by atoms with E-state index in [2.05, 4.69) is 15.4 Å². The standard InChI is InChI=1S/C36H31ClF4N6O7S/c1-53-23-6-4-19(5-7-23)17-46(55(3,51)52)34-31-26(37)10-11-29(32(31)45(44-34)18-30(40)41)47-33(42-27-16-24(54-2)8-9-25(27)35(47)48)28(43-36(49)50)14-20-12-21(38)15-22(39)13-20/h4-13,15-16,28,30,43H,14,17-18H2,1-3H3,(H,49,50)/t28-/m0/s1. The SMILES string of the molecule is COc1ccc(CN(c2nn(CC(F)F)c3c(-n4c([C@H](Cc5cc(F)cc(F)c5)NC(=O)O)nc5cc(OC)ccc5c4=O)ccc(Cl)c23)S(C)(=O)=O)cc1. The summed E-state index contributed by atoms with van der Waals surface area (Å²) in [4.78, 5) is 31.5. The molecule has 0 unspecified atom stereocenters. The van der Waals surface area contributed by atoms with Gasteiger partial charge in [0.1, 0.15) is 35.5 Å². The lowest BCUT2D eigenvalue weighted by atomic mass is 10.0. The van der Waals surface area contributed by atoms with E-state index in [0.29, 0.717) is 17.4 Å². The molecular formula is C36H31ClF4N6O7S. The Balaban J connectivity index is 1.68. The number of amides is 1. The van der Waals surface area contributed by atoms with Gasteiger partial charge in [-0.3, -0.25) is 14.0 Å². The summed E-state index contributed by atoms with van der Waals surface area (Å²) < 4.78 is 97.1. The van der Waals surface area contributed by atoms with Crippen molar-refractivity contribution in [3.05, 3.63) is 117 Å². The average molecular weight is 803 g/mol. The van der Waals surface area contributed by atoms with Gasteiger partial charge in [-0.1, -0.05) is 23.7 Å². The number of aromatic nitrogens is 4. The largest absolute Gasteiger partial charge is 0.497 e. The number of ether oxygens (including phenoxy) is 2. The van der Waals surface area contributed by atoms with Gasteiger partial charge in [0, 0.05) is 18.6 Å². The van der Waals surface area contributed by atoms with Gasteiger partial charge < -0.3 is 19.9 Å². The lowest BCUT2D eigenvalue weighted by Gasteiger charge is -2.23. The Hall–Kier alpha value is -5.88. The second-order valence-corrected chi connectivity index (χ2v) is 14.6. The van der Waals surface area contributed by atoms with Gasteiger partial charge >= 0.3 is 6.09 Å². The van der Waals surface area contributed by atoms with E-state index in [9.17, 15) is 40.7 Å². The molecule has 13 nitrogen and oxygen atoms in total. The highest BCUT2D eigenvalue weighted by Gasteiger charge is 2.31. The van der Waals surface area contributed by atoms with Gasteiger partial charge in [0.05, 0.1) is 65.6 Å². The number of fused-ring (bicyclic) bond motifs is 2. The highest BCUT2D eigenvalue weighted by Crippen LogP contribution is 2.39. The van der Waals surface area contributed by atoms with Crippen molar-refractivity contribution in [1.29, 1.82) is 0 Å². The number of hydrogen-bond donors (Lipinski definition) is 2. The molecule has 6 aromatic rings. The summed E-state index contributed by atoms with van der Waals surface area (Å²) in [5.41, 5.74) is -0.749. The predicted molar refractivity (Wildman–Crippen MR) is 196 cm³/mol. The Labute approximate surface area is 315 Å². The minimum absolute atomic E-state index is 0.0172. The first-order valence-corrected chi connectivity index (χ1v) is 18.4. The Morgan fingerprint density at radius 3 is 2.22 bits per heavy atom. The Bertz CT molecular complexity index is 2580. The van der Waals surface area contributed by atoms with E-state index in [1.165, 1.54) is 44.6 Å². The summed E-state index contributed by atoms with van der Waals surface area (Å²) >= 11 is 6.73. The number of hydrogen-bond acceptors (Lipinski definition) is 8. The molecule has 2 heterocycles. The van der Waals surface area contributed by atoms with Gasteiger partial charge in [0.15, 0.2) is 5.82 Å². The molecule has 0 fully saturated rings. The number of nitrogens with zero attached hydrogens (tertiary/aromatic N) is 5. The third-order valence-corrected chi connectivity index (χ3v) is 9.97. The molecule has 288 valence electrons. The number of carboxylic acid groups (broad SMARTS) is 1. The zero-order chi connectivity index (χ0) is 39.8. The van der Waals surface area contributed by atoms with Crippen LogP contribution in [0.4, 0.5) is 28.2 Å². The van der Waals surface area contributed by atoms with E-state index in [-0.39, 0.29) is 62.0 Å². The zero-order valence-electron chi connectivity index (χ0n) is 29.1. The number of sulfonamides is 1. The number of rotatable bonds is 13. The van der Waals surface area contributed by atoms with E-state index < -0.39 is 58.7 Å². The van der Waals surface area contributed by atoms with Gasteiger partial charge in [-0.05, 0) is 59.7 Å². The highest BCUT2D eigenvalue weighted by molar-refractivity contribution is 7.92. The molecule has 1 atom stereocenters. The van der Waals surface area contributed by atoms with Crippen molar-refractivity contribution in [2.24, 2.45) is 0 Å². The fourth-order valence-electron chi connectivity index (χ4n) is 6.20. The first-order chi connectivity index (χ1) is 26.1. The third-order valence-electron chi connectivity index (χ3n) is 8.55. The number of nitrogens with one attached hydrogen (secondary N) is 1. The van der Waals surface area contributed by atoms with Crippen LogP contribution >= 0.6 is 11.6 Å². The van der Waals surface area contributed by atoms with Crippen molar-refractivity contribution in [1.82, 2.24) is 24.6 Å². The minimum atomic E-state index is -4.20. The molecule has 0 saturated heterocycles. The molecule has 2 aromatic heterocycles. The molecule has 0 aliphatic heterocycles. The van der Waals surface area contributed by atoms with Crippen molar-refractivity contribution >= 4 is 55.3 Å². The number of benzene rings is 4. The fraction of sp³-hybridized carbons (Fsp3) is 0.222. The van der Waals surface area contributed by atoms with Crippen molar-refractivity contribution in [2.75, 3.05) is 24.8 Å². The molecule has 1 amide bonds. The van der Waals surface area contributed by atoms with E-state index in [4.69, 9.17) is 21.1 Å². The van der Waals surface area contributed by atoms with E-state index >= 15 is 0 Å². The third kappa shape index (κ3) is 8.14. The molecule has 6 rings (SSSR count). The normalized spacial score (nSPS) is 12.3. The molecule has 0 radical (unpaired) electrons. The molecule has 0 aliphatic rings. The second kappa shape index (κ2) is 15.5. The maximum atomic E-state index is 14.6. The molecule has 19 heteroatoms. The number of alkyl halides is 2. The van der Waals surface area contributed by atoms with Crippen LogP contribution in [0.5, 0.6) is 11.5 Å². The molecule has 0 aliphatic carbocycles. The molecule has 55 heavy (non-hydrogen) atoms. The van der Waals surface area contributed by atoms with Crippen LogP contribution in [0.3, 0.4) is 0 Å². The minimum Gasteiger partial charge on any atom is -0.497 e. The van der Waals surface area contributed by atoms with Crippen LogP contribution in [0.25, 0.3) is 27.5 Å². The topological polar surface area (TPSA) is 158 Å². The lowest BCUT2D eigenvalue weighted by Crippen LogP contribution is -2.35. The summed E-state index contributed by atoms with van der Waals surface area (Å²) in [7, 11) is -1.37. The Morgan fingerprint density at radius 1 is 0.964 bits per heavy atom. The van der Waals surface area contributed by atoms with Crippen LogP contribution < -0.4 is 24.7 Å². The first-order valence-electron chi connectivity index (χ1n) is 16.2. The number of halogens is 5. The summed E-state index contributed by atoms with van der Waals surface area (Å²) in [5, 5.41) is 16.2. The number of carbonyl (C=O) groups is 1. The molecule has 2 N–H and O–H groups in total. The number of methoxy groups -OCH3 is 2. The molecule has 0 bridgehead atoms. The van der Waals surface area contributed by atoms with Crippen molar-refractivity contribution in [2.45, 2.75) is 32.0 Å². The first kappa shape index (κ1) is 38.8. The molecular weight excluding hydrogens is 772 g/mol. The maximum Gasteiger partial charge on any atom is 0.405 e. The zero-order valence-corrected chi connectivity index (χ0v) is 30.7. The molecule has 0 saturated carbocycles. The lowest BCUT2D eigenvalue weighted by molar-refractivity contribution is 0.123. The van der Waals surface area contributed by atoms with Gasteiger partial charge in [-0.15, -0.1) is 0 Å². The van der Waals surface area contributed by atoms with Gasteiger partial charge in [0.2, 0.25) is 10.0 Å². The number of anilines is 1. The van der Waals surface area contributed by atoms with E-state index in [1.807, 2.05) is 0 Å². The Morgan fingerprint density at radius 2 is 1.62 bits per heavy atom. The van der Waals surface area contributed by atoms with Crippen molar-refractivity contribution in [3.8, 4) is 17.2 Å². The van der Waals surface area contributed by atoms with Crippen molar-refractivity contribution in [3.63, 3.8) is 0 Å². The van der Waals surface area contributed by atoms with Crippen LogP contribution in [0.2, 0.25) is 5.02 Å².